The lowest BCUT2D eigenvalue weighted by Crippen LogP contribution is -2.64. The molecule has 1 saturated heterocycles. The van der Waals surface area contributed by atoms with Crippen molar-refractivity contribution >= 4 is 17.7 Å². The first-order chi connectivity index (χ1) is 7.39. The van der Waals surface area contributed by atoms with Crippen LogP contribution in [0.1, 0.15) is 13.3 Å². The minimum Gasteiger partial charge on any atom is -0.479 e. The van der Waals surface area contributed by atoms with Gasteiger partial charge >= 0.3 is 5.97 Å². The molecule has 5 atom stereocenters. The maximum atomic E-state index is 10.8. The van der Waals surface area contributed by atoms with E-state index in [4.69, 9.17) is 9.84 Å². The number of carboxylic acid groups (broad SMARTS) is 1. The molecular weight excluding hydrogens is 236 g/mol. The van der Waals surface area contributed by atoms with Crippen molar-refractivity contribution in [3.8, 4) is 0 Å². The van der Waals surface area contributed by atoms with Gasteiger partial charge in [0.05, 0.1) is 0 Å². The molecule has 7 heteroatoms. The van der Waals surface area contributed by atoms with Crippen molar-refractivity contribution in [3.63, 3.8) is 0 Å². The Morgan fingerprint density at radius 2 is 1.94 bits per heavy atom. The molecule has 1 aliphatic heterocycles. The van der Waals surface area contributed by atoms with Crippen LogP contribution in [-0.4, -0.2) is 62.0 Å². The molecule has 1 aliphatic rings. The maximum Gasteiger partial charge on any atom is 0.335 e. The van der Waals surface area contributed by atoms with Crippen LogP contribution in [0.15, 0.2) is 0 Å². The molecule has 0 saturated carbocycles. The average molecular weight is 252 g/mol. The molecule has 0 amide bonds. The van der Waals surface area contributed by atoms with Gasteiger partial charge in [0.25, 0.3) is 0 Å². The molecule has 0 aromatic carbocycles. The minimum absolute atomic E-state index is 0.322. The van der Waals surface area contributed by atoms with Crippen molar-refractivity contribution in [2.75, 3.05) is 6.26 Å². The molecule has 0 aliphatic carbocycles. The molecule has 4 N–H and O–H groups in total. The molecule has 0 spiro atoms. The molecule has 1 rings (SSSR count). The minimum atomic E-state index is -1.63. The molecule has 94 valence electrons. The monoisotopic (exact) mass is 252 g/mol. The summed E-state index contributed by atoms with van der Waals surface area (Å²) in [5.41, 5.74) is 0. The molecule has 6 nitrogen and oxygen atoms in total. The van der Waals surface area contributed by atoms with E-state index >= 15 is 0 Å². The summed E-state index contributed by atoms with van der Waals surface area (Å²) in [6.07, 6.45) is -4.02. The second-order valence-electron chi connectivity index (χ2n) is 3.67. The van der Waals surface area contributed by atoms with Crippen LogP contribution < -0.4 is 0 Å². The topological polar surface area (TPSA) is 107 Å². The van der Waals surface area contributed by atoms with Gasteiger partial charge in [-0.3, -0.25) is 0 Å². The number of aliphatic hydroxyl groups is 3. The molecule has 0 aromatic heterocycles. The van der Waals surface area contributed by atoms with Crippen molar-refractivity contribution in [2.24, 2.45) is 0 Å². The fourth-order valence-electron chi connectivity index (χ4n) is 1.78. The van der Waals surface area contributed by atoms with E-state index in [0.717, 1.165) is 11.8 Å². The van der Waals surface area contributed by atoms with Crippen LogP contribution in [0, 0.1) is 0 Å². The van der Waals surface area contributed by atoms with Crippen LogP contribution in [0.25, 0.3) is 0 Å². The van der Waals surface area contributed by atoms with Crippen molar-refractivity contribution in [1.82, 2.24) is 0 Å². The summed E-state index contributed by atoms with van der Waals surface area (Å²) >= 11 is 1.12. The van der Waals surface area contributed by atoms with Crippen LogP contribution in [0.2, 0.25) is 0 Å². The Kier molecular flexibility index (Phi) is 4.19. The zero-order valence-corrected chi connectivity index (χ0v) is 9.85. The molecule has 0 radical (unpaired) electrons. The predicted octanol–water partition coefficient (Wildman–Crippen LogP) is -0.978. The third-order valence-electron chi connectivity index (χ3n) is 2.84. The third kappa shape index (κ3) is 2.05. The van der Waals surface area contributed by atoms with Gasteiger partial charge in [0.2, 0.25) is 0 Å². The zero-order chi connectivity index (χ0) is 12.5. The first kappa shape index (κ1) is 13.7. The Bertz CT molecular complexity index is 267. The normalized spacial score (nSPS) is 44.3. The molecule has 1 fully saturated rings. The lowest BCUT2D eigenvalue weighted by atomic mass is 9.93. The summed E-state index contributed by atoms with van der Waals surface area (Å²) in [7, 11) is 0. The molecule has 5 unspecified atom stereocenters. The van der Waals surface area contributed by atoms with Crippen molar-refractivity contribution in [3.05, 3.63) is 0 Å². The highest BCUT2D eigenvalue weighted by atomic mass is 32.2. The van der Waals surface area contributed by atoms with E-state index in [0.29, 0.717) is 6.42 Å². The summed E-state index contributed by atoms with van der Waals surface area (Å²) in [6.45, 7) is 1.71. The van der Waals surface area contributed by atoms with Gasteiger partial charge in [-0.1, -0.05) is 6.92 Å². The first-order valence-corrected chi connectivity index (χ1v) is 6.12. The van der Waals surface area contributed by atoms with E-state index in [1.807, 2.05) is 0 Å². The van der Waals surface area contributed by atoms with Gasteiger partial charge in [0.1, 0.15) is 23.2 Å². The van der Waals surface area contributed by atoms with E-state index in [9.17, 15) is 20.1 Å². The molecular formula is C9H16O6S. The van der Waals surface area contributed by atoms with Crippen LogP contribution >= 0.6 is 11.8 Å². The standard InChI is InChI=1S/C9H16O6S/c1-3-9(16-2)7(12)5(11)4(10)6(15-9)8(13)14/h4-7,10-12H,3H2,1-2H3,(H,13,14). The number of aliphatic hydroxyl groups excluding tert-OH is 3. The van der Waals surface area contributed by atoms with Crippen LogP contribution in [-0.2, 0) is 9.53 Å². The second kappa shape index (κ2) is 4.89. The highest BCUT2D eigenvalue weighted by Gasteiger charge is 2.54. The quantitative estimate of drug-likeness (QED) is 0.511. The lowest BCUT2D eigenvalue weighted by molar-refractivity contribution is -0.238. The molecule has 1 heterocycles. The number of rotatable bonds is 3. The fraction of sp³-hybridized carbons (Fsp3) is 0.889. The Morgan fingerprint density at radius 1 is 1.38 bits per heavy atom. The summed E-state index contributed by atoms with van der Waals surface area (Å²) in [5.74, 6) is -1.36. The predicted molar refractivity (Wildman–Crippen MR) is 57.1 cm³/mol. The van der Waals surface area contributed by atoms with Gasteiger partial charge in [-0.25, -0.2) is 4.79 Å². The highest BCUT2D eigenvalue weighted by Crippen LogP contribution is 2.40. The van der Waals surface area contributed by atoms with Crippen molar-refractivity contribution in [1.29, 1.82) is 0 Å². The van der Waals surface area contributed by atoms with Gasteiger partial charge in [0, 0.05) is 0 Å². The Morgan fingerprint density at radius 3 is 2.31 bits per heavy atom. The van der Waals surface area contributed by atoms with E-state index in [2.05, 4.69) is 0 Å². The summed E-state index contributed by atoms with van der Waals surface area (Å²) in [6, 6.07) is 0. The number of carbonyl (C=O) groups is 1. The van der Waals surface area contributed by atoms with Gasteiger partial charge in [-0.15, -0.1) is 11.8 Å². The SMILES string of the molecule is CCC1(SC)OC(C(=O)O)C(O)C(O)C1O. The van der Waals surface area contributed by atoms with E-state index in [-0.39, 0.29) is 0 Å². The maximum absolute atomic E-state index is 10.8. The Balaban J connectivity index is 3.02. The van der Waals surface area contributed by atoms with Gasteiger partial charge in [-0.2, -0.15) is 0 Å². The van der Waals surface area contributed by atoms with Crippen LogP contribution in [0.4, 0.5) is 0 Å². The summed E-state index contributed by atoms with van der Waals surface area (Å²) in [4.78, 5) is 9.66. The van der Waals surface area contributed by atoms with E-state index in [1.165, 1.54) is 0 Å². The summed E-state index contributed by atoms with van der Waals surface area (Å²) < 4.78 is 5.23. The zero-order valence-electron chi connectivity index (χ0n) is 9.03. The smallest absolute Gasteiger partial charge is 0.335 e. The first-order valence-electron chi connectivity index (χ1n) is 4.89. The fourth-order valence-corrected chi connectivity index (χ4v) is 2.65. The number of carboxylic acids is 1. The molecule has 0 bridgehead atoms. The largest absolute Gasteiger partial charge is 0.479 e. The van der Waals surface area contributed by atoms with Crippen LogP contribution in [0.3, 0.4) is 0 Å². The van der Waals surface area contributed by atoms with Crippen molar-refractivity contribution < 1.29 is 30.0 Å². The van der Waals surface area contributed by atoms with Gasteiger partial charge in [0.15, 0.2) is 6.10 Å². The van der Waals surface area contributed by atoms with E-state index in [1.54, 1.807) is 13.2 Å². The highest BCUT2D eigenvalue weighted by molar-refractivity contribution is 7.99. The number of hydrogen-bond acceptors (Lipinski definition) is 6. The average Bonchev–Trinajstić information content (AvgIpc) is 2.27. The number of ether oxygens (including phenoxy) is 1. The van der Waals surface area contributed by atoms with E-state index < -0.39 is 35.3 Å². The number of aliphatic carboxylic acids is 1. The molecule has 16 heavy (non-hydrogen) atoms. The number of hydrogen-bond donors (Lipinski definition) is 4. The summed E-state index contributed by atoms with van der Waals surface area (Å²) in [5, 5.41) is 37.7. The van der Waals surface area contributed by atoms with Gasteiger partial charge < -0.3 is 25.2 Å². The molecule has 0 aromatic rings. The lowest BCUT2D eigenvalue weighted by Gasteiger charge is -2.46. The second-order valence-corrected chi connectivity index (χ2v) is 4.77. The van der Waals surface area contributed by atoms with Crippen LogP contribution in [0.5, 0.6) is 0 Å². The van der Waals surface area contributed by atoms with Gasteiger partial charge in [-0.05, 0) is 12.7 Å². The Hall–Kier alpha value is -0.340. The number of thioether (sulfide) groups is 1. The third-order valence-corrected chi connectivity index (χ3v) is 4.16. The van der Waals surface area contributed by atoms with Crippen molar-refractivity contribution in [2.45, 2.75) is 42.7 Å². The Labute approximate surface area is 97.2 Å².